The maximum Gasteiger partial charge on any atom is 0.326 e. The largest absolute Gasteiger partial charge is 0.493 e. The number of H-pyrrole nitrogens is 1. The van der Waals surface area contributed by atoms with Gasteiger partial charge in [-0.2, -0.15) is 0 Å². The van der Waals surface area contributed by atoms with E-state index in [0.717, 1.165) is 59.7 Å². The number of fused-ring (bicyclic) bond motifs is 1. The molecule has 234 valence electrons. The molecule has 1 aliphatic rings. The molecule has 0 radical (unpaired) electrons. The molecule has 10 heteroatoms. The van der Waals surface area contributed by atoms with Crippen LogP contribution in [0.1, 0.15) is 51.1 Å². The van der Waals surface area contributed by atoms with Gasteiger partial charge in [-0.3, -0.25) is 14.3 Å². The van der Waals surface area contributed by atoms with Crippen molar-refractivity contribution in [3.05, 3.63) is 110 Å². The average Bonchev–Trinajstić information content (AvgIpc) is 3.67. The Morgan fingerprint density at radius 1 is 0.978 bits per heavy atom. The van der Waals surface area contributed by atoms with Gasteiger partial charge in [0.25, 0.3) is 5.91 Å². The molecule has 0 bridgehead atoms. The molecule has 0 spiro atoms. The topological polar surface area (TPSA) is 92.7 Å². The van der Waals surface area contributed by atoms with Crippen LogP contribution in [0.2, 0.25) is 0 Å². The van der Waals surface area contributed by atoms with Gasteiger partial charge in [0.2, 0.25) is 0 Å². The lowest BCUT2D eigenvalue weighted by molar-refractivity contribution is 0.0689. The molecule has 3 heterocycles. The Bertz CT molecular complexity index is 1820. The van der Waals surface area contributed by atoms with E-state index >= 15 is 0 Å². The van der Waals surface area contributed by atoms with Crippen LogP contribution in [-0.2, 0) is 19.5 Å². The fraction of sp³-hybridized carbons (Fsp3) is 0.343. The summed E-state index contributed by atoms with van der Waals surface area (Å²) in [4.78, 5) is 38.2. The summed E-state index contributed by atoms with van der Waals surface area (Å²) >= 11 is 1.53. The zero-order valence-corrected chi connectivity index (χ0v) is 26.8. The van der Waals surface area contributed by atoms with Crippen LogP contribution >= 0.6 is 11.3 Å². The van der Waals surface area contributed by atoms with Gasteiger partial charge in [-0.1, -0.05) is 48.0 Å². The first kappa shape index (κ1) is 30.6. The van der Waals surface area contributed by atoms with Gasteiger partial charge in [-0.15, -0.1) is 11.3 Å². The number of imidazole rings is 1. The highest BCUT2D eigenvalue weighted by Gasteiger charge is 2.28. The number of hydrogen-bond donors (Lipinski definition) is 1. The van der Waals surface area contributed by atoms with Crippen LogP contribution in [0.4, 0.5) is 0 Å². The monoisotopic (exact) mass is 625 g/mol. The first-order chi connectivity index (χ1) is 21.9. The fourth-order valence-electron chi connectivity index (χ4n) is 6.09. The second-order valence-corrected chi connectivity index (χ2v) is 12.5. The van der Waals surface area contributed by atoms with Crippen molar-refractivity contribution in [1.82, 2.24) is 24.3 Å². The van der Waals surface area contributed by atoms with Gasteiger partial charge < -0.3 is 19.4 Å². The predicted molar refractivity (Wildman–Crippen MR) is 177 cm³/mol. The quantitative estimate of drug-likeness (QED) is 0.199. The number of aromatic nitrogens is 3. The van der Waals surface area contributed by atoms with E-state index in [4.69, 9.17) is 14.5 Å². The molecule has 0 atom stereocenters. The number of aryl methyl sites for hydroxylation is 1. The number of ether oxygens (including phenoxy) is 2. The van der Waals surface area contributed by atoms with Crippen molar-refractivity contribution >= 4 is 28.3 Å². The summed E-state index contributed by atoms with van der Waals surface area (Å²) in [6.07, 6.45) is 2.29. The van der Waals surface area contributed by atoms with Crippen LogP contribution < -0.4 is 15.2 Å². The molecule has 1 amide bonds. The highest BCUT2D eigenvalue weighted by molar-refractivity contribution is 7.09. The van der Waals surface area contributed by atoms with E-state index in [0.29, 0.717) is 31.1 Å². The van der Waals surface area contributed by atoms with E-state index in [1.54, 1.807) is 14.2 Å². The van der Waals surface area contributed by atoms with Crippen molar-refractivity contribution in [3.8, 4) is 11.5 Å². The van der Waals surface area contributed by atoms with Crippen molar-refractivity contribution in [2.45, 2.75) is 45.3 Å². The molecule has 2 aromatic heterocycles. The molecule has 1 saturated heterocycles. The number of carbonyl (C=O) groups excluding carboxylic acids is 1. The van der Waals surface area contributed by atoms with E-state index < -0.39 is 0 Å². The molecule has 0 saturated carbocycles. The van der Waals surface area contributed by atoms with Gasteiger partial charge in [0.1, 0.15) is 10.7 Å². The summed E-state index contributed by atoms with van der Waals surface area (Å²) < 4.78 is 12.8. The summed E-state index contributed by atoms with van der Waals surface area (Å²) in [6.45, 7) is 5.51. The van der Waals surface area contributed by atoms with Gasteiger partial charge in [-0.25, -0.2) is 9.78 Å². The third-order valence-corrected chi connectivity index (χ3v) is 9.40. The number of nitrogens with zero attached hydrogens (tertiary/aromatic N) is 4. The number of rotatable bonds is 11. The van der Waals surface area contributed by atoms with Crippen LogP contribution in [0.3, 0.4) is 0 Å². The van der Waals surface area contributed by atoms with E-state index in [9.17, 15) is 9.59 Å². The Hall–Kier alpha value is -4.41. The van der Waals surface area contributed by atoms with Crippen LogP contribution in [0.5, 0.6) is 11.5 Å². The summed E-state index contributed by atoms with van der Waals surface area (Å²) in [6, 6.07) is 22.5. The lowest BCUT2D eigenvalue weighted by Gasteiger charge is -2.32. The first-order valence-electron chi connectivity index (χ1n) is 15.3. The normalized spacial score (nSPS) is 13.9. The standard InChI is InChI=1S/C35H39N5O4S/c1-24-8-10-26(11-9-24)21-38(17-14-25-12-13-31(43-2)32(20-25)44-3)22-33-36-29(23-45-33)34(41)39-18-15-27(16-19-39)40-30-7-5-4-6-28(30)37-35(40)42/h4-13,20,23,27H,14-19,21-22H2,1-3H3,(H,37,42). The summed E-state index contributed by atoms with van der Waals surface area (Å²) in [7, 11) is 3.30. The number of nitrogens with one attached hydrogen (secondary N) is 1. The molecule has 3 aromatic carbocycles. The highest BCUT2D eigenvalue weighted by Crippen LogP contribution is 2.29. The Labute approximate surface area is 267 Å². The summed E-state index contributed by atoms with van der Waals surface area (Å²) in [5.74, 6) is 1.40. The summed E-state index contributed by atoms with van der Waals surface area (Å²) in [5.41, 5.74) is 5.79. The third-order valence-electron chi connectivity index (χ3n) is 8.56. The molecule has 1 aliphatic heterocycles. The molecule has 0 unspecified atom stereocenters. The number of hydrogen-bond acceptors (Lipinski definition) is 7. The number of benzene rings is 3. The summed E-state index contributed by atoms with van der Waals surface area (Å²) in [5, 5.41) is 2.80. The SMILES string of the molecule is COc1ccc(CCN(Cc2ccc(C)cc2)Cc2nc(C(=O)N3CCC(n4c(=O)[nH]c5ccccc54)CC3)cs2)cc1OC. The smallest absolute Gasteiger partial charge is 0.326 e. The van der Waals surface area contributed by atoms with Gasteiger partial charge in [-0.05, 0) is 61.6 Å². The van der Waals surface area contributed by atoms with Crippen molar-refractivity contribution in [3.63, 3.8) is 0 Å². The molecular formula is C35H39N5O4S. The van der Waals surface area contributed by atoms with Crippen molar-refractivity contribution < 1.29 is 14.3 Å². The number of aromatic amines is 1. The lowest BCUT2D eigenvalue weighted by atomic mass is 10.0. The second kappa shape index (κ2) is 13.7. The van der Waals surface area contributed by atoms with Crippen LogP contribution in [0.15, 0.2) is 76.9 Å². The number of thiazole rings is 1. The Kier molecular flexibility index (Phi) is 9.32. The van der Waals surface area contributed by atoms with Gasteiger partial charge in [0.15, 0.2) is 11.5 Å². The van der Waals surface area contributed by atoms with Crippen molar-refractivity contribution in [2.24, 2.45) is 0 Å². The maximum absolute atomic E-state index is 13.5. The molecular weight excluding hydrogens is 586 g/mol. The molecule has 1 N–H and O–H groups in total. The van der Waals surface area contributed by atoms with Crippen molar-refractivity contribution in [2.75, 3.05) is 33.9 Å². The first-order valence-corrected chi connectivity index (χ1v) is 16.2. The Morgan fingerprint density at radius 3 is 2.47 bits per heavy atom. The molecule has 1 fully saturated rings. The lowest BCUT2D eigenvalue weighted by Crippen LogP contribution is -2.40. The minimum atomic E-state index is -0.0913. The van der Waals surface area contributed by atoms with Crippen LogP contribution in [0, 0.1) is 6.92 Å². The van der Waals surface area contributed by atoms with Crippen LogP contribution in [-0.4, -0.2) is 64.1 Å². The van der Waals surface area contributed by atoms with E-state index in [-0.39, 0.29) is 17.6 Å². The number of para-hydroxylation sites is 2. The van der Waals surface area contributed by atoms with Crippen molar-refractivity contribution in [1.29, 1.82) is 0 Å². The van der Waals surface area contributed by atoms with E-state index in [1.165, 1.54) is 22.5 Å². The number of carbonyl (C=O) groups is 1. The number of amides is 1. The molecule has 6 rings (SSSR count). The number of methoxy groups -OCH3 is 2. The molecule has 45 heavy (non-hydrogen) atoms. The maximum atomic E-state index is 13.5. The highest BCUT2D eigenvalue weighted by atomic mass is 32.1. The molecule has 0 aliphatic carbocycles. The Morgan fingerprint density at radius 2 is 1.71 bits per heavy atom. The van der Waals surface area contributed by atoms with Crippen LogP contribution in [0.25, 0.3) is 11.0 Å². The third kappa shape index (κ3) is 6.97. The number of likely N-dealkylation sites (tertiary alicyclic amines) is 1. The molecule has 9 nitrogen and oxygen atoms in total. The van der Waals surface area contributed by atoms with Gasteiger partial charge in [0.05, 0.1) is 31.8 Å². The number of piperidine rings is 1. The van der Waals surface area contributed by atoms with E-state index in [1.807, 2.05) is 51.2 Å². The minimum absolute atomic E-state index is 0.0439. The van der Waals surface area contributed by atoms with E-state index in [2.05, 4.69) is 47.1 Å². The minimum Gasteiger partial charge on any atom is -0.493 e. The van der Waals surface area contributed by atoms with Gasteiger partial charge in [0, 0.05) is 37.6 Å². The molecule has 5 aromatic rings. The predicted octanol–water partition coefficient (Wildman–Crippen LogP) is 5.83. The zero-order chi connectivity index (χ0) is 31.3. The Balaban J connectivity index is 1.11. The zero-order valence-electron chi connectivity index (χ0n) is 26.0. The second-order valence-electron chi connectivity index (χ2n) is 11.6. The fourth-order valence-corrected chi connectivity index (χ4v) is 6.90. The average molecular weight is 626 g/mol. The van der Waals surface area contributed by atoms with Gasteiger partial charge >= 0.3 is 5.69 Å².